The zero-order chi connectivity index (χ0) is 14.8. The molecule has 0 N–H and O–H groups in total. The fourth-order valence-electron chi connectivity index (χ4n) is 2.37. The topological polar surface area (TPSA) is 17.8 Å². The van der Waals surface area contributed by atoms with Crippen LogP contribution in [0.2, 0.25) is 5.02 Å². The average Bonchev–Trinajstić information content (AvgIpc) is 2.71. The van der Waals surface area contributed by atoms with E-state index in [1.54, 1.807) is 0 Å². The fraction of sp³-hybridized carbons (Fsp3) is 0.400. The lowest BCUT2D eigenvalue weighted by Crippen LogP contribution is -2.33. The van der Waals surface area contributed by atoms with Gasteiger partial charge in [0.2, 0.25) is 0 Å². The number of rotatable bonds is 5. The first-order valence-electron chi connectivity index (χ1n) is 6.39. The van der Waals surface area contributed by atoms with E-state index in [2.05, 4.69) is 61.2 Å². The maximum Gasteiger partial charge on any atom is 0.0847 e. The van der Waals surface area contributed by atoms with Crippen molar-refractivity contribution in [3.8, 4) is 0 Å². The van der Waals surface area contributed by atoms with Crippen molar-refractivity contribution in [1.29, 1.82) is 0 Å². The van der Waals surface area contributed by atoms with Crippen molar-refractivity contribution in [1.82, 2.24) is 9.78 Å². The van der Waals surface area contributed by atoms with Gasteiger partial charge in [0.05, 0.1) is 16.4 Å². The van der Waals surface area contributed by atoms with Gasteiger partial charge in [0, 0.05) is 29.5 Å². The number of aryl methyl sites for hydroxylation is 2. The van der Waals surface area contributed by atoms with Crippen LogP contribution in [-0.2, 0) is 18.9 Å². The summed E-state index contributed by atoms with van der Waals surface area (Å²) in [6.45, 7) is 1.94. The molecule has 0 aliphatic rings. The predicted molar refractivity (Wildman–Crippen MR) is 92.4 cm³/mol. The van der Waals surface area contributed by atoms with Crippen LogP contribution < -0.4 is 0 Å². The summed E-state index contributed by atoms with van der Waals surface area (Å²) in [7, 11) is 1.95. The molecule has 1 aromatic heterocycles. The number of benzene rings is 1. The van der Waals surface area contributed by atoms with Crippen LogP contribution in [0.25, 0.3) is 0 Å². The van der Waals surface area contributed by atoms with Gasteiger partial charge in [0.1, 0.15) is 0 Å². The van der Waals surface area contributed by atoms with E-state index in [-0.39, 0.29) is 5.41 Å². The molecule has 0 bridgehead atoms. The molecule has 2 aromatic rings. The maximum atomic E-state index is 6.41. The van der Waals surface area contributed by atoms with Crippen LogP contribution in [0.1, 0.15) is 17.0 Å². The van der Waals surface area contributed by atoms with Crippen LogP contribution in [0.4, 0.5) is 0 Å². The third-order valence-electron chi connectivity index (χ3n) is 3.67. The van der Waals surface area contributed by atoms with E-state index in [1.165, 1.54) is 5.56 Å². The Bertz CT molecular complexity index is 577. The lowest BCUT2D eigenvalue weighted by atomic mass is 9.80. The largest absolute Gasteiger partial charge is 0.271 e. The van der Waals surface area contributed by atoms with Crippen molar-refractivity contribution in [2.45, 2.75) is 18.8 Å². The maximum absolute atomic E-state index is 6.41. The van der Waals surface area contributed by atoms with Crippen LogP contribution in [0.5, 0.6) is 0 Å². The number of alkyl halides is 2. The minimum atomic E-state index is -0.0366. The van der Waals surface area contributed by atoms with Gasteiger partial charge >= 0.3 is 0 Å². The van der Waals surface area contributed by atoms with E-state index in [1.807, 2.05) is 24.7 Å². The predicted octanol–water partition coefficient (Wildman–Crippen LogP) is 4.65. The molecule has 0 saturated carbocycles. The van der Waals surface area contributed by atoms with Crippen molar-refractivity contribution in [2.75, 3.05) is 10.7 Å². The molecule has 0 aliphatic heterocycles. The van der Waals surface area contributed by atoms with Crippen molar-refractivity contribution < 1.29 is 0 Å². The molecular weight excluding hydrogens is 403 g/mol. The number of halogens is 3. The van der Waals surface area contributed by atoms with Crippen molar-refractivity contribution >= 4 is 43.5 Å². The van der Waals surface area contributed by atoms with Gasteiger partial charge in [-0.2, -0.15) is 5.10 Å². The van der Waals surface area contributed by atoms with Gasteiger partial charge in [-0.15, -0.1) is 0 Å². The molecule has 0 amide bonds. The molecular formula is C15H17Br2ClN2. The molecule has 0 spiro atoms. The summed E-state index contributed by atoms with van der Waals surface area (Å²) in [5, 5.41) is 6.90. The molecule has 2 nitrogen and oxygen atoms in total. The van der Waals surface area contributed by atoms with Crippen LogP contribution in [0.3, 0.4) is 0 Å². The van der Waals surface area contributed by atoms with E-state index in [0.717, 1.165) is 33.5 Å². The Kier molecular flexibility index (Phi) is 5.32. The monoisotopic (exact) mass is 418 g/mol. The first kappa shape index (κ1) is 16.1. The number of hydrogen-bond donors (Lipinski definition) is 0. The molecule has 2 rings (SSSR count). The van der Waals surface area contributed by atoms with Gasteiger partial charge in [0.25, 0.3) is 0 Å². The van der Waals surface area contributed by atoms with Gasteiger partial charge in [0.15, 0.2) is 0 Å². The SMILES string of the molecule is Cc1nn(C)c(CC(CBr)(CBr)c2ccccc2)c1Cl. The van der Waals surface area contributed by atoms with E-state index in [0.29, 0.717) is 0 Å². The summed E-state index contributed by atoms with van der Waals surface area (Å²) in [5.74, 6) is 0. The Balaban J connectivity index is 2.45. The van der Waals surface area contributed by atoms with E-state index < -0.39 is 0 Å². The molecule has 0 atom stereocenters. The van der Waals surface area contributed by atoms with Crippen molar-refractivity contribution in [2.24, 2.45) is 7.05 Å². The normalized spacial score (nSPS) is 11.8. The third-order valence-corrected chi connectivity index (χ3v) is 6.30. The fourth-order valence-corrected chi connectivity index (χ4v) is 4.57. The summed E-state index contributed by atoms with van der Waals surface area (Å²) in [4.78, 5) is 0. The Morgan fingerprint density at radius 1 is 1.20 bits per heavy atom. The van der Waals surface area contributed by atoms with Crippen molar-refractivity contribution in [3.05, 3.63) is 52.3 Å². The lowest BCUT2D eigenvalue weighted by Gasteiger charge is -2.31. The smallest absolute Gasteiger partial charge is 0.0847 e. The first-order valence-corrected chi connectivity index (χ1v) is 9.01. The lowest BCUT2D eigenvalue weighted by molar-refractivity contribution is 0.523. The molecule has 0 unspecified atom stereocenters. The third kappa shape index (κ3) is 2.97. The number of aromatic nitrogens is 2. The molecule has 1 heterocycles. The quantitative estimate of drug-likeness (QED) is 0.644. The average molecular weight is 421 g/mol. The minimum absolute atomic E-state index is 0.0366. The molecule has 108 valence electrons. The second-order valence-corrected chi connectivity index (χ2v) is 6.56. The highest BCUT2D eigenvalue weighted by molar-refractivity contribution is 9.09. The molecule has 0 aliphatic carbocycles. The van der Waals surface area contributed by atoms with Gasteiger partial charge in [-0.25, -0.2) is 0 Å². The second kappa shape index (κ2) is 6.63. The Labute approximate surface area is 141 Å². The molecule has 0 fully saturated rings. The Hall–Kier alpha value is -0.320. The van der Waals surface area contributed by atoms with Gasteiger partial charge in [-0.05, 0) is 12.5 Å². The first-order chi connectivity index (χ1) is 9.54. The van der Waals surface area contributed by atoms with Gasteiger partial charge in [-0.3, -0.25) is 4.68 Å². The zero-order valence-corrected chi connectivity index (χ0v) is 15.5. The Morgan fingerprint density at radius 2 is 1.80 bits per heavy atom. The van der Waals surface area contributed by atoms with Gasteiger partial charge < -0.3 is 0 Å². The van der Waals surface area contributed by atoms with Crippen molar-refractivity contribution in [3.63, 3.8) is 0 Å². The molecule has 5 heteroatoms. The summed E-state index contributed by atoms with van der Waals surface area (Å²) in [5.41, 5.74) is 3.22. The Morgan fingerprint density at radius 3 is 2.25 bits per heavy atom. The second-order valence-electron chi connectivity index (χ2n) is 5.06. The van der Waals surface area contributed by atoms with Crippen LogP contribution in [0.15, 0.2) is 30.3 Å². The standard InChI is InChI=1S/C15H17Br2ClN2/c1-11-14(18)13(20(2)19-11)8-15(9-16,10-17)12-6-4-3-5-7-12/h3-7H,8-10H2,1-2H3. The van der Waals surface area contributed by atoms with Crippen LogP contribution in [0, 0.1) is 6.92 Å². The highest BCUT2D eigenvalue weighted by atomic mass is 79.9. The molecule has 1 aromatic carbocycles. The summed E-state index contributed by atoms with van der Waals surface area (Å²) < 4.78 is 1.89. The van der Waals surface area contributed by atoms with E-state index in [9.17, 15) is 0 Å². The molecule has 20 heavy (non-hydrogen) atoms. The zero-order valence-electron chi connectivity index (χ0n) is 11.5. The minimum Gasteiger partial charge on any atom is -0.271 e. The van der Waals surface area contributed by atoms with E-state index >= 15 is 0 Å². The molecule has 0 saturated heterocycles. The van der Waals surface area contributed by atoms with Gasteiger partial charge in [-0.1, -0.05) is 73.8 Å². The van der Waals surface area contributed by atoms with E-state index in [4.69, 9.17) is 11.6 Å². The molecule has 0 radical (unpaired) electrons. The summed E-state index contributed by atoms with van der Waals surface area (Å²) in [6.07, 6.45) is 0.837. The summed E-state index contributed by atoms with van der Waals surface area (Å²) >= 11 is 13.8. The van der Waals surface area contributed by atoms with Crippen LogP contribution >= 0.6 is 43.5 Å². The highest BCUT2D eigenvalue weighted by Crippen LogP contribution is 2.35. The van der Waals surface area contributed by atoms with Crippen LogP contribution in [-0.4, -0.2) is 20.4 Å². The summed E-state index contributed by atoms with van der Waals surface area (Å²) in [6, 6.07) is 10.5. The number of hydrogen-bond acceptors (Lipinski definition) is 1. The highest BCUT2D eigenvalue weighted by Gasteiger charge is 2.32. The number of nitrogens with zero attached hydrogens (tertiary/aromatic N) is 2.